The Balaban J connectivity index is 3.03. The number of thiol groups is 1. The van der Waals surface area contributed by atoms with Crippen LogP contribution in [-0.4, -0.2) is 18.3 Å². The first-order valence-electron chi connectivity index (χ1n) is 4.75. The van der Waals surface area contributed by atoms with Crippen LogP contribution in [0.2, 0.25) is 0 Å². The highest BCUT2D eigenvalue weighted by Gasteiger charge is 2.12. The van der Waals surface area contributed by atoms with E-state index in [1.807, 2.05) is 0 Å². The SMILES string of the molecule is CCOC(=O)c1cc(C#CCS)ccc1F. The van der Waals surface area contributed by atoms with Gasteiger partial charge < -0.3 is 4.74 Å². The zero-order chi connectivity index (χ0) is 12.0. The first-order valence-corrected chi connectivity index (χ1v) is 5.38. The van der Waals surface area contributed by atoms with Crippen molar-refractivity contribution in [3.8, 4) is 11.8 Å². The van der Waals surface area contributed by atoms with Crippen LogP contribution in [-0.2, 0) is 4.74 Å². The second-order valence-electron chi connectivity index (χ2n) is 2.87. The predicted octanol–water partition coefficient (Wildman–Crippen LogP) is 2.28. The predicted molar refractivity (Wildman–Crippen MR) is 63.1 cm³/mol. The van der Waals surface area contributed by atoms with Crippen LogP contribution >= 0.6 is 12.6 Å². The first-order chi connectivity index (χ1) is 7.69. The molecule has 0 amide bonds. The van der Waals surface area contributed by atoms with E-state index in [1.54, 1.807) is 6.92 Å². The highest BCUT2D eigenvalue weighted by Crippen LogP contribution is 2.11. The van der Waals surface area contributed by atoms with Gasteiger partial charge in [-0.1, -0.05) is 11.8 Å². The van der Waals surface area contributed by atoms with Crippen molar-refractivity contribution in [2.75, 3.05) is 12.4 Å². The molecule has 0 radical (unpaired) electrons. The number of halogens is 1. The summed E-state index contributed by atoms with van der Waals surface area (Å²) in [6.45, 7) is 1.88. The molecule has 0 atom stereocenters. The third-order valence-corrected chi connectivity index (χ3v) is 1.93. The van der Waals surface area contributed by atoms with Crippen molar-refractivity contribution in [3.63, 3.8) is 0 Å². The summed E-state index contributed by atoms with van der Waals surface area (Å²) in [5, 5.41) is 0. The zero-order valence-electron chi connectivity index (χ0n) is 8.79. The Morgan fingerprint density at radius 3 is 2.94 bits per heavy atom. The minimum Gasteiger partial charge on any atom is -0.462 e. The zero-order valence-corrected chi connectivity index (χ0v) is 9.68. The summed E-state index contributed by atoms with van der Waals surface area (Å²) < 4.78 is 18.0. The summed E-state index contributed by atoms with van der Waals surface area (Å²) in [6.07, 6.45) is 0. The molecule has 84 valence electrons. The topological polar surface area (TPSA) is 26.3 Å². The molecule has 2 nitrogen and oxygen atoms in total. The summed E-state index contributed by atoms with van der Waals surface area (Å²) in [5.74, 6) is 4.62. The maximum absolute atomic E-state index is 13.3. The summed E-state index contributed by atoms with van der Waals surface area (Å²) in [7, 11) is 0. The normalized spacial score (nSPS) is 9.19. The molecule has 0 saturated heterocycles. The first kappa shape index (κ1) is 12.6. The molecular weight excluding hydrogens is 227 g/mol. The number of rotatable bonds is 2. The van der Waals surface area contributed by atoms with Gasteiger partial charge in [0.1, 0.15) is 5.82 Å². The highest BCUT2D eigenvalue weighted by molar-refractivity contribution is 7.80. The lowest BCUT2D eigenvalue weighted by atomic mass is 10.1. The number of benzene rings is 1. The van der Waals surface area contributed by atoms with Crippen LogP contribution in [0.1, 0.15) is 22.8 Å². The molecule has 0 bridgehead atoms. The minimum absolute atomic E-state index is 0.0900. The third-order valence-electron chi connectivity index (χ3n) is 1.77. The van der Waals surface area contributed by atoms with Crippen molar-refractivity contribution in [1.29, 1.82) is 0 Å². The van der Waals surface area contributed by atoms with Gasteiger partial charge >= 0.3 is 5.97 Å². The maximum atomic E-state index is 13.3. The van der Waals surface area contributed by atoms with Gasteiger partial charge in [0.05, 0.1) is 17.9 Å². The van der Waals surface area contributed by atoms with Crippen LogP contribution in [0.15, 0.2) is 18.2 Å². The number of hydrogen-bond acceptors (Lipinski definition) is 3. The quantitative estimate of drug-likeness (QED) is 0.486. The van der Waals surface area contributed by atoms with Crippen molar-refractivity contribution in [3.05, 3.63) is 35.1 Å². The molecular formula is C12H11FO2S. The van der Waals surface area contributed by atoms with Crippen molar-refractivity contribution < 1.29 is 13.9 Å². The highest BCUT2D eigenvalue weighted by atomic mass is 32.1. The number of carbonyl (C=O) groups excluding carboxylic acids is 1. The van der Waals surface area contributed by atoms with E-state index in [4.69, 9.17) is 4.74 Å². The van der Waals surface area contributed by atoms with Gasteiger partial charge in [-0.3, -0.25) is 0 Å². The Kier molecular flexibility index (Phi) is 4.87. The molecule has 1 aromatic carbocycles. The second-order valence-corrected chi connectivity index (χ2v) is 3.19. The molecule has 0 heterocycles. The van der Waals surface area contributed by atoms with Crippen LogP contribution in [0.4, 0.5) is 4.39 Å². The Morgan fingerprint density at radius 2 is 2.31 bits per heavy atom. The average Bonchev–Trinajstić information content (AvgIpc) is 2.28. The Labute approximate surface area is 99.2 Å². The monoisotopic (exact) mass is 238 g/mol. The molecule has 0 fully saturated rings. The van der Waals surface area contributed by atoms with Gasteiger partial charge in [-0.15, -0.1) is 0 Å². The van der Waals surface area contributed by atoms with Crippen molar-refractivity contribution >= 4 is 18.6 Å². The molecule has 0 saturated carbocycles. The number of ether oxygens (including phenoxy) is 1. The lowest BCUT2D eigenvalue weighted by Crippen LogP contribution is -2.07. The van der Waals surface area contributed by atoms with Crippen molar-refractivity contribution in [2.45, 2.75) is 6.92 Å². The van der Waals surface area contributed by atoms with Gasteiger partial charge in [-0.25, -0.2) is 9.18 Å². The number of carbonyl (C=O) groups is 1. The molecule has 0 spiro atoms. The molecule has 0 aliphatic carbocycles. The summed E-state index contributed by atoms with van der Waals surface area (Å²) >= 11 is 3.93. The van der Waals surface area contributed by atoms with E-state index in [9.17, 15) is 9.18 Å². The Bertz CT molecular complexity index is 446. The molecule has 0 aromatic heterocycles. The molecule has 4 heteroatoms. The standard InChI is InChI=1S/C12H11FO2S/c1-2-15-12(14)10-8-9(4-3-7-16)5-6-11(10)13/h5-6,8,16H,2,7H2,1H3. The third kappa shape index (κ3) is 3.28. The molecule has 0 aliphatic rings. The van der Waals surface area contributed by atoms with Crippen molar-refractivity contribution in [1.82, 2.24) is 0 Å². The maximum Gasteiger partial charge on any atom is 0.341 e. The van der Waals surface area contributed by atoms with Gasteiger partial charge in [-0.05, 0) is 25.1 Å². The molecule has 16 heavy (non-hydrogen) atoms. The van der Waals surface area contributed by atoms with E-state index in [-0.39, 0.29) is 12.2 Å². The van der Waals surface area contributed by atoms with E-state index >= 15 is 0 Å². The van der Waals surface area contributed by atoms with Crippen LogP contribution in [0.25, 0.3) is 0 Å². The van der Waals surface area contributed by atoms with Gasteiger partial charge in [-0.2, -0.15) is 12.6 Å². The van der Waals surface area contributed by atoms with Crippen molar-refractivity contribution in [2.24, 2.45) is 0 Å². The van der Waals surface area contributed by atoms with Crippen LogP contribution in [0.5, 0.6) is 0 Å². The number of esters is 1. The van der Waals surface area contributed by atoms with Gasteiger partial charge in [0.15, 0.2) is 0 Å². The van der Waals surface area contributed by atoms with E-state index in [0.29, 0.717) is 11.3 Å². The fourth-order valence-corrected chi connectivity index (χ4v) is 1.19. The minimum atomic E-state index is -0.672. The van der Waals surface area contributed by atoms with Gasteiger partial charge in [0.25, 0.3) is 0 Å². The molecule has 1 rings (SSSR count). The smallest absolute Gasteiger partial charge is 0.341 e. The molecule has 0 unspecified atom stereocenters. The van der Waals surface area contributed by atoms with Crippen LogP contribution < -0.4 is 0 Å². The summed E-state index contributed by atoms with van der Waals surface area (Å²) in [5.41, 5.74) is 0.478. The van der Waals surface area contributed by atoms with E-state index in [2.05, 4.69) is 24.5 Å². The summed E-state index contributed by atoms with van der Waals surface area (Å²) in [4.78, 5) is 11.4. The molecule has 1 aromatic rings. The van der Waals surface area contributed by atoms with Gasteiger partial charge in [0, 0.05) is 5.56 Å². The lowest BCUT2D eigenvalue weighted by Gasteiger charge is -2.03. The van der Waals surface area contributed by atoms with Crippen LogP contribution in [0.3, 0.4) is 0 Å². The van der Waals surface area contributed by atoms with E-state index in [1.165, 1.54) is 18.2 Å². The molecule has 0 N–H and O–H groups in total. The second kappa shape index (κ2) is 6.19. The number of hydrogen-bond donors (Lipinski definition) is 1. The Morgan fingerprint density at radius 1 is 1.56 bits per heavy atom. The van der Waals surface area contributed by atoms with Gasteiger partial charge in [0.2, 0.25) is 0 Å². The Hall–Kier alpha value is -1.47. The van der Waals surface area contributed by atoms with Crippen LogP contribution in [0, 0.1) is 17.7 Å². The average molecular weight is 238 g/mol. The summed E-state index contributed by atoms with van der Waals surface area (Å²) in [6, 6.07) is 4.09. The van der Waals surface area contributed by atoms with E-state index < -0.39 is 11.8 Å². The molecule has 0 aliphatic heterocycles. The lowest BCUT2D eigenvalue weighted by molar-refractivity contribution is 0.0521. The van der Waals surface area contributed by atoms with E-state index in [0.717, 1.165) is 0 Å². The largest absolute Gasteiger partial charge is 0.462 e. The fraction of sp³-hybridized carbons (Fsp3) is 0.250. The fourth-order valence-electron chi connectivity index (χ4n) is 1.11.